The first-order chi connectivity index (χ1) is 20.4. The van der Waals surface area contributed by atoms with Gasteiger partial charge in [-0.3, -0.25) is 9.59 Å². The fourth-order valence-electron chi connectivity index (χ4n) is 7.71. The molecule has 0 radical (unpaired) electrons. The number of aliphatic hydroxyl groups is 1. The summed E-state index contributed by atoms with van der Waals surface area (Å²) in [5.41, 5.74) is 8.08. The van der Waals surface area contributed by atoms with E-state index in [0.29, 0.717) is 29.8 Å². The van der Waals surface area contributed by atoms with Crippen molar-refractivity contribution in [3.05, 3.63) is 100 Å². The maximum atomic E-state index is 11.5. The molecule has 0 aliphatic heterocycles. The third-order valence-electron chi connectivity index (χ3n) is 9.72. The summed E-state index contributed by atoms with van der Waals surface area (Å²) in [6.45, 7) is 13.3. The van der Waals surface area contributed by atoms with Gasteiger partial charge in [-0.25, -0.2) is 0 Å². The van der Waals surface area contributed by atoms with Crippen molar-refractivity contribution in [1.29, 1.82) is 0 Å². The highest BCUT2D eigenvalue weighted by Crippen LogP contribution is 2.63. The number of allylic oxidation sites excluding steroid dienone is 4. The van der Waals surface area contributed by atoms with Crippen molar-refractivity contribution in [2.24, 2.45) is 17.3 Å². The first-order valence-corrected chi connectivity index (χ1v) is 15.8. The molecule has 2 fully saturated rings. The second-order valence-electron chi connectivity index (χ2n) is 12.1. The van der Waals surface area contributed by atoms with Gasteiger partial charge in [-0.1, -0.05) is 70.5 Å². The molecule has 42 heavy (non-hydrogen) atoms. The zero-order valence-electron chi connectivity index (χ0n) is 25.8. The van der Waals surface area contributed by atoms with E-state index in [9.17, 15) is 14.7 Å². The summed E-state index contributed by atoms with van der Waals surface area (Å²) in [6, 6.07) is 16.2. The van der Waals surface area contributed by atoms with Crippen molar-refractivity contribution >= 4 is 18.3 Å². The molecule has 2 saturated carbocycles. The Kier molecular flexibility index (Phi) is 10.6. The molecule has 5 atom stereocenters. The van der Waals surface area contributed by atoms with E-state index in [-0.39, 0.29) is 17.4 Å². The molecule has 0 bridgehead atoms. The number of benzene rings is 2. The highest BCUT2D eigenvalue weighted by atomic mass is 16.3. The average Bonchev–Trinajstić information content (AvgIpc) is 3.32. The quantitative estimate of drug-likeness (QED) is 0.199. The molecule has 224 valence electrons. The monoisotopic (exact) mass is 568 g/mol. The summed E-state index contributed by atoms with van der Waals surface area (Å²) >= 11 is 0. The van der Waals surface area contributed by atoms with Crippen molar-refractivity contribution in [2.75, 3.05) is 5.32 Å². The van der Waals surface area contributed by atoms with Crippen LogP contribution in [-0.2, 0) is 11.3 Å². The molecule has 2 aromatic rings. The van der Waals surface area contributed by atoms with Gasteiger partial charge in [0.15, 0.2) is 0 Å². The lowest BCUT2D eigenvalue weighted by Gasteiger charge is -2.51. The van der Waals surface area contributed by atoms with E-state index in [0.717, 1.165) is 68.8 Å². The molecular weight excluding hydrogens is 520 g/mol. The summed E-state index contributed by atoms with van der Waals surface area (Å²) in [5.74, 6) is 1.93. The third-order valence-corrected chi connectivity index (χ3v) is 9.72. The average molecular weight is 569 g/mol. The van der Waals surface area contributed by atoms with Crippen LogP contribution in [0.1, 0.15) is 100 Å². The van der Waals surface area contributed by atoms with E-state index >= 15 is 0 Å². The lowest BCUT2D eigenvalue weighted by molar-refractivity contribution is -0.104. The summed E-state index contributed by atoms with van der Waals surface area (Å²) < 4.78 is 0. The number of hydrogen-bond acceptors (Lipinski definition) is 5. The minimum absolute atomic E-state index is 0.0738. The van der Waals surface area contributed by atoms with Gasteiger partial charge >= 0.3 is 0 Å². The van der Waals surface area contributed by atoms with E-state index in [4.69, 9.17) is 0 Å². The lowest BCUT2D eigenvalue weighted by atomic mass is 9.53. The Bertz CT molecular complexity index is 1310. The summed E-state index contributed by atoms with van der Waals surface area (Å²) in [7, 11) is 0. The van der Waals surface area contributed by atoms with Crippen LogP contribution in [0.5, 0.6) is 0 Å². The summed E-state index contributed by atoms with van der Waals surface area (Å²) in [4.78, 5) is 22.4. The number of hydrogen-bond donors (Lipinski definition) is 3. The van der Waals surface area contributed by atoms with Gasteiger partial charge in [-0.15, -0.1) is 0 Å². The van der Waals surface area contributed by atoms with Crippen molar-refractivity contribution < 1.29 is 14.7 Å². The summed E-state index contributed by atoms with van der Waals surface area (Å²) in [6.07, 6.45) is 10.4. The molecule has 0 saturated heterocycles. The predicted molar refractivity (Wildman–Crippen MR) is 172 cm³/mol. The van der Waals surface area contributed by atoms with Gasteiger partial charge < -0.3 is 15.7 Å². The second-order valence-corrected chi connectivity index (χ2v) is 12.1. The molecule has 0 aromatic heterocycles. The molecule has 3 N–H and O–H groups in total. The molecule has 2 aromatic carbocycles. The number of carbonyl (C=O) groups excluding carboxylic acids is 2. The highest BCUT2D eigenvalue weighted by molar-refractivity contribution is 5.75. The molecule has 3 aliphatic carbocycles. The molecule has 5 heteroatoms. The Morgan fingerprint density at radius 3 is 2.40 bits per heavy atom. The van der Waals surface area contributed by atoms with Crippen molar-refractivity contribution in [3.8, 4) is 0 Å². The van der Waals surface area contributed by atoms with Crippen molar-refractivity contribution in [2.45, 2.75) is 91.2 Å². The Labute approximate surface area is 252 Å². The van der Waals surface area contributed by atoms with Crippen LogP contribution >= 0.6 is 0 Å². The Morgan fingerprint density at radius 2 is 1.76 bits per heavy atom. The first-order valence-electron chi connectivity index (χ1n) is 15.8. The van der Waals surface area contributed by atoms with Crippen LogP contribution in [0, 0.1) is 17.3 Å². The molecule has 3 aliphatic rings. The SMILES string of the molecule is C=C(NCc1ccc(C2CC3(C)C(O)CCC3C3CC/C(=C/C=O)C(CCC)=C23)cc1)Nc1ccc(C=O)cc1.CC. The fourth-order valence-corrected chi connectivity index (χ4v) is 7.71. The van der Waals surface area contributed by atoms with E-state index in [1.165, 1.54) is 16.7 Å². The first kappa shape index (κ1) is 31.5. The highest BCUT2D eigenvalue weighted by Gasteiger charge is 2.56. The Morgan fingerprint density at radius 1 is 1.05 bits per heavy atom. The third kappa shape index (κ3) is 6.47. The largest absolute Gasteiger partial charge is 0.393 e. The number of carbonyl (C=O) groups is 2. The number of aliphatic hydroxyl groups excluding tert-OH is 1. The van der Waals surface area contributed by atoms with Crippen LogP contribution in [-0.4, -0.2) is 23.8 Å². The van der Waals surface area contributed by atoms with Gasteiger partial charge in [0.25, 0.3) is 0 Å². The molecule has 5 rings (SSSR count). The Balaban J connectivity index is 0.00000198. The maximum absolute atomic E-state index is 11.5. The topological polar surface area (TPSA) is 78.4 Å². The zero-order valence-corrected chi connectivity index (χ0v) is 25.8. The second kappa shape index (κ2) is 14.2. The number of nitrogens with one attached hydrogen (secondary N) is 2. The van der Waals surface area contributed by atoms with Gasteiger partial charge in [0.1, 0.15) is 12.6 Å². The van der Waals surface area contributed by atoms with E-state index in [2.05, 4.69) is 55.3 Å². The minimum Gasteiger partial charge on any atom is -0.393 e. The van der Waals surface area contributed by atoms with Gasteiger partial charge in [0, 0.05) is 23.7 Å². The lowest BCUT2D eigenvalue weighted by Crippen LogP contribution is -2.44. The van der Waals surface area contributed by atoms with Crippen LogP contribution in [0.4, 0.5) is 5.69 Å². The van der Waals surface area contributed by atoms with Crippen molar-refractivity contribution in [1.82, 2.24) is 5.32 Å². The number of fused-ring (bicyclic) bond motifs is 3. The van der Waals surface area contributed by atoms with Gasteiger partial charge in [-0.05, 0) is 108 Å². The Hall–Kier alpha value is -3.44. The van der Waals surface area contributed by atoms with E-state index in [1.54, 1.807) is 23.8 Å². The number of rotatable bonds is 10. The van der Waals surface area contributed by atoms with Gasteiger partial charge in [-0.2, -0.15) is 0 Å². The molecule has 0 heterocycles. The van der Waals surface area contributed by atoms with Crippen LogP contribution in [0.25, 0.3) is 0 Å². The number of anilines is 1. The molecular formula is C37H48N2O3. The van der Waals surface area contributed by atoms with E-state index < -0.39 is 0 Å². The molecule has 5 unspecified atom stereocenters. The van der Waals surface area contributed by atoms with Gasteiger partial charge in [0.2, 0.25) is 0 Å². The zero-order chi connectivity index (χ0) is 30.3. The summed E-state index contributed by atoms with van der Waals surface area (Å²) in [5, 5.41) is 17.7. The number of aldehydes is 2. The van der Waals surface area contributed by atoms with Crippen LogP contribution in [0.3, 0.4) is 0 Å². The normalized spacial score (nSPS) is 27.3. The van der Waals surface area contributed by atoms with Crippen LogP contribution < -0.4 is 10.6 Å². The predicted octanol–water partition coefficient (Wildman–Crippen LogP) is 8.09. The standard InChI is InChI=1S/C35H42N2O3.C2H6/c1-4-5-29-27(18-19-38)12-15-30-32-16-17-33(40)35(32,3)20-31(34(29)30)26-10-6-24(7-11-26)21-36-23(2)37-28-13-8-25(22-39)9-14-28;1-2/h6-11,13-14,18-19,22,30-33,36-37,40H,2,4-5,12,15-17,20-21H2,1,3H3;1-2H3/b27-18-;. The van der Waals surface area contributed by atoms with E-state index in [1.807, 2.05) is 26.0 Å². The van der Waals surface area contributed by atoms with Crippen LogP contribution in [0.15, 0.2) is 83.7 Å². The molecule has 5 nitrogen and oxygen atoms in total. The van der Waals surface area contributed by atoms with Crippen LogP contribution in [0.2, 0.25) is 0 Å². The van der Waals surface area contributed by atoms with Gasteiger partial charge in [0.05, 0.1) is 11.9 Å². The molecule has 0 spiro atoms. The van der Waals surface area contributed by atoms with Crippen molar-refractivity contribution in [3.63, 3.8) is 0 Å². The maximum Gasteiger partial charge on any atom is 0.150 e. The fraction of sp³-hybridized carbons (Fsp3) is 0.459. The smallest absolute Gasteiger partial charge is 0.150 e. The molecule has 0 amide bonds. The minimum atomic E-state index is -0.250.